The average Bonchev–Trinajstić information content (AvgIpc) is 3.42. The summed E-state index contributed by atoms with van der Waals surface area (Å²) < 4.78 is 0. The summed E-state index contributed by atoms with van der Waals surface area (Å²) in [5, 5.41) is 8.76. The minimum atomic E-state index is -0.205. The van der Waals surface area contributed by atoms with E-state index in [1.54, 1.807) is 48.5 Å². The zero-order valence-electron chi connectivity index (χ0n) is 18.9. The summed E-state index contributed by atoms with van der Waals surface area (Å²) in [5.41, 5.74) is 3.59. The number of carbonyl (C=O) groups excluding carboxylic acids is 3. The molecule has 1 aliphatic rings. The third-order valence-electron chi connectivity index (χ3n) is 5.70. The Morgan fingerprint density at radius 2 is 1.35 bits per heavy atom. The van der Waals surface area contributed by atoms with Gasteiger partial charge in [0.2, 0.25) is 5.91 Å². The second-order valence-electron chi connectivity index (χ2n) is 8.22. The standard InChI is InChI=1S/C27H28N4O3/c32-25(30-24-14-10-22(11-15-24)27(34)31-16-4-5-17-31)19-28-23-12-8-21(9-13-23)26(33)29-18-20-6-2-1-3-7-20/h1-3,6-15,28H,4-5,16-19H2,(H,29,33)(H,30,32). The van der Waals surface area contributed by atoms with Gasteiger partial charge in [0.05, 0.1) is 6.54 Å². The lowest BCUT2D eigenvalue weighted by Gasteiger charge is -2.15. The Morgan fingerprint density at radius 3 is 2.03 bits per heavy atom. The molecule has 0 aliphatic carbocycles. The van der Waals surface area contributed by atoms with Crippen molar-refractivity contribution >= 4 is 29.1 Å². The molecular weight excluding hydrogens is 428 g/mol. The first-order valence-electron chi connectivity index (χ1n) is 11.4. The van der Waals surface area contributed by atoms with Crippen molar-refractivity contribution in [2.45, 2.75) is 19.4 Å². The van der Waals surface area contributed by atoms with Gasteiger partial charge < -0.3 is 20.9 Å². The Morgan fingerprint density at radius 1 is 0.735 bits per heavy atom. The van der Waals surface area contributed by atoms with E-state index in [0.29, 0.717) is 23.4 Å². The Balaban J connectivity index is 1.22. The maximum absolute atomic E-state index is 12.4. The van der Waals surface area contributed by atoms with Gasteiger partial charge in [-0.05, 0) is 66.9 Å². The van der Waals surface area contributed by atoms with Gasteiger partial charge in [0.1, 0.15) is 0 Å². The van der Waals surface area contributed by atoms with Gasteiger partial charge in [0, 0.05) is 42.1 Å². The minimum absolute atomic E-state index is 0.0363. The lowest BCUT2D eigenvalue weighted by atomic mass is 10.1. The second kappa shape index (κ2) is 11.1. The first-order chi connectivity index (χ1) is 16.6. The highest BCUT2D eigenvalue weighted by Gasteiger charge is 2.19. The normalized spacial score (nSPS) is 12.8. The van der Waals surface area contributed by atoms with Gasteiger partial charge in [-0.2, -0.15) is 0 Å². The smallest absolute Gasteiger partial charge is 0.253 e. The number of amides is 3. The van der Waals surface area contributed by atoms with Gasteiger partial charge in [-0.3, -0.25) is 14.4 Å². The number of anilines is 2. The van der Waals surface area contributed by atoms with Crippen LogP contribution in [0.3, 0.4) is 0 Å². The molecular formula is C27H28N4O3. The molecule has 0 saturated carbocycles. The molecule has 1 fully saturated rings. The summed E-state index contributed by atoms with van der Waals surface area (Å²) in [6, 6.07) is 23.7. The summed E-state index contributed by atoms with van der Waals surface area (Å²) in [7, 11) is 0. The third-order valence-corrected chi connectivity index (χ3v) is 5.70. The van der Waals surface area contributed by atoms with Crippen molar-refractivity contribution in [2.24, 2.45) is 0 Å². The van der Waals surface area contributed by atoms with Crippen LogP contribution in [0.2, 0.25) is 0 Å². The molecule has 7 heteroatoms. The topological polar surface area (TPSA) is 90.5 Å². The molecule has 3 N–H and O–H groups in total. The van der Waals surface area contributed by atoms with Gasteiger partial charge in [0.15, 0.2) is 0 Å². The van der Waals surface area contributed by atoms with E-state index >= 15 is 0 Å². The van der Waals surface area contributed by atoms with E-state index in [-0.39, 0.29) is 24.3 Å². The molecule has 0 spiro atoms. The molecule has 0 atom stereocenters. The molecule has 1 aliphatic heterocycles. The molecule has 0 radical (unpaired) electrons. The maximum atomic E-state index is 12.4. The molecule has 3 amide bonds. The zero-order chi connectivity index (χ0) is 23.8. The second-order valence-corrected chi connectivity index (χ2v) is 8.22. The summed E-state index contributed by atoms with van der Waals surface area (Å²) >= 11 is 0. The van der Waals surface area contributed by atoms with Crippen molar-refractivity contribution in [3.05, 3.63) is 95.6 Å². The van der Waals surface area contributed by atoms with Crippen LogP contribution in [0.5, 0.6) is 0 Å². The highest BCUT2D eigenvalue weighted by molar-refractivity contribution is 5.97. The monoisotopic (exact) mass is 456 g/mol. The maximum Gasteiger partial charge on any atom is 0.253 e. The Kier molecular flexibility index (Phi) is 7.55. The number of nitrogens with one attached hydrogen (secondary N) is 3. The summed E-state index contributed by atoms with van der Waals surface area (Å²) in [6.45, 7) is 2.16. The fraction of sp³-hybridized carbons (Fsp3) is 0.222. The highest BCUT2D eigenvalue weighted by Crippen LogP contribution is 2.16. The molecule has 0 unspecified atom stereocenters. The van der Waals surface area contributed by atoms with Crippen LogP contribution < -0.4 is 16.0 Å². The van der Waals surface area contributed by atoms with Gasteiger partial charge in [-0.1, -0.05) is 30.3 Å². The van der Waals surface area contributed by atoms with E-state index in [1.165, 1.54) is 0 Å². The zero-order valence-corrected chi connectivity index (χ0v) is 18.9. The number of carbonyl (C=O) groups is 3. The summed E-state index contributed by atoms with van der Waals surface area (Å²) in [6.07, 6.45) is 2.11. The van der Waals surface area contributed by atoms with Crippen LogP contribution in [-0.2, 0) is 11.3 Å². The van der Waals surface area contributed by atoms with Crippen LogP contribution in [0.25, 0.3) is 0 Å². The minimum Gasteiger partial charge on any atom is -0.376 e. The summed E-state index contributed by atoms with van der Waals surface area (Å²) in [5.74, 6) is -0.322. The van der Waals surface area contributed by atoms with Crippen LogP contribution in [0.15, 0.2) is 78.9 Å². The van der Waals surface area contributed by atoms with Crippen molar-refractivity contribution in [3.8, 4) is 0 Å². The molecule has 3 aromatic rings. The predicted octanol–water partition coefficient (Wildman–Crippen LogP) is 3.90. The van der Waals surface area contributed by atoms with Gasteiger partial charge in [-0.15, -0.1) is 0 Å². The van der Waals surface area contributed by atoms with Crippen molar-refractivity contribution in [1.29, 1.82) is 0 Å². The first kappa shape index (κ1) is 23.0. The fourth-order valence-electron chi connectivity index (χ4n) is 3.81. The molecule has 1 saturated heterocycles. The van der Waals surface area contributed by atoms with Crippen LogP contribution in [-0.4, -0.2) is 42.3 Å². The third kappa shape index (κ3) is 6.22. The van der Waals surface area contributed by atoms with Crippen LogP contribution in [0.1, 0.15) is 39.1 Å². The van der Waals surface area contributed by atoms with E-state index in [0.717, 1.165) is 37.2 Å². The molecule has 34 heavy (non-hydrogen) atoms. The molecule has 7 nitrogen and oxygen atoms in total. The average molecular weight is 457 g/mol. The van der Waals surface area contributed by atoms with Crippen molar-refractivity contribution in [1.82, 2.24) is 10.2 Å². The number of nitrogens with zero attached hydrogens (tertiary/aromatic N) is 1. The highest BCUT2D eigenvalue weighted by atomic mass is 16.2. The number of rotatable bonds is 8. The summed E-state index contributed by atoms with van der Waals surface area (Å²) in [4.78, 5) is 38.9. The van der Waals surface area contributed by atoms with Crippen LogP contribution >= 0.6 is 0 Å². The van der Waals surface area contributed by atoms with Gasteiger partial charge in [0.25, 0.3) is 11.8 Å². The number of hydrogen-bond donors (Lipinski definition) is 3. The fourth-order valence-corrected chi connectivity index (χ4v) is 3.81. The van der Waals surface area contributed by atoms with E-state index in [2.05, 4.69) is 16.0 Å². The first-order valence-corrected chi connectivity index (χ1v) is 11.4. The largest absolute Gasteiger partial charge is 0.376 e. The number of benzene rings is 3. The molecule has 4 rings (SSSR count). The Bertz CT molecular complexity index is 1120. The quantitative estimate of drug-likeness (QED) is 0.480. The molecule has 3 aromatic carbocycles. The van der Waals surface area contributed by atoms with Crippen molar-refractivity contribution in [3.63, 3.8) is 0 Å². The number of likely N-dealkylation sites (tertiary alicyclic amines) is 1. The van der Waals surface area contributed by atoms with Gasteiger partial charge >= 0.3 is 0 Å². The van der Waals surface area contributed by atoms with E-state index in [9.17, 15) is 14.4 Å². The molecule has 174 valence electrons. The Hall–Kier alpha value is -4.13. The molecule has 0 aromatic heterocycles. The van der Waals surface area contributed by atoms with Gasteiger partial charge in [-0.25, -0.2) is 0 Å². The molecule has 1 heterocycles. The van der Waals surface area contributed by atoms with E-state index in [4.69, 9.17) is 0 Å². The van der Waals surface area contributed by atoms with E-state index < -0.39 is 0 Å². The Labute approximate surface area is 199 Å². The van der Waals surface area contributed by atoms with Crippen molar-refractivity contribution in [2.75, 3.05) is 30.3 Å². The lowest BCUT2D eigenvalue weighted by Crippen LogP contribution is -2.27. The SMILES string of the molecule is O=C(CNc1ccc(C(=O)NCc2ccccc2)cc1)Nc1ccc(C(=O)N2CCCC2)cc1. The number of hydrogen-bond acceptors (Lipinski definition) is 4. The lowest BCUT2D eigenvalue weighted by molar-refractivity contribution is -0.114. The van der Waals surface area contributed by atoms with Crippen LogP contribution in [0, 0.1) is 0 Å². The van der Waals surface area contributed by atoms with Crippen LogP contribution in [0.4, 0.5) is 11.4 Å². The molecule has 0 bridgehead atoms. The van der Waals surface area contributed by atoms with E-state index in [1.807, 2.05) is 35.2 Å². The predicted molar refractivity (Wildman–Crippen MR) is 133 cm³/mol. The van der Waals surface area contributed by atoms with Crippen molar-refractivity contribution < 1.29 is 14.4 Å².